The van der Waals surface area contributed by atoms with Crippen molar-refractivity contribution in [2.75, 3.05) is 10.7 Å². The lowest BCUT2D eigenvalue weighted by Gasteiger charge is -2.25. The zero-order valence-electron chi connectivity index (χ0n) is 13.5. The molecule has 25 heavy (non-hydrogen) atoms. The topological polar surface area (TPSA) is 33.2 Å². The first-order valence-electron chi connectivity index (χ1n) is 7.44. The van der Waals surface area contributed by atoms with Crippen molar-refractivity contribution in [2.45, 2.75) is 31.1 Å². The Morgan fingerprint density at radius 2 is 1.84 bits per heavy atom. The van der Waals surface area contributed by atoms with E-state index in [-0.39, 0.29) is 24.6 Å². The fourth-order valence-electron chi connectivity index (χ4n) is 2.08. The second-order valence-electron chi connectivity index (χ2n) is 5.05. The average molecular weight is 391 g/mol. The Hall–Kier alpha value is -1.73. The minimum Gasteiger partial charge on any atom is -0.298 e. The number of halogens is 4. The molecule has 1 aromatic carbocycles. The molecule has 2 aromatic rings. The number of carbonyl (C=O) groups is 1. The lowest BCUT2D eigenvalue weighted by Crippen LogP contribution is -2.41. The van der Waals surface area contributed by atoms with Crippen molar-refractivity contribution in [3.05, 3.63) is 54.2 Å². The van der Waals surface area contributed by atoms with Gasteiger partial charge >= 0.3 is 12.1 Å². The Labute approximate surface area is 155 Å². The summed E-state index contributed by atoms with van der Waals surface area (Å²) in [5.41, 5.74) is 0.799. The number of aromatic nitrogens is 1. The first-order chi connectivity index (χ1) is 11.4. The molecule has 0 fully saturated rings. The summed E-state index contributed by atoms with van der Waals surface area (Å²) in [6.45, 7) is 1.81. The predicted molar refractivity (Wildman–Crippen MR) is 96.2 cm³/mol. The molecule has 0 bridgehead atoms. The Balaban J connectivity index is 0.00000312. The van der Waals surface area contributed by atoms with Gasteiger partial charge in [0.25, 0.3) is 0 Å². The van der Waals surface area contributed by atoms with Gasteiger partial charge in [0.2, 0.25) is 0 Å². The van der Waals surface area contributed by atoms with Crippen molar-refractivity contribution in [1.82, 2.24) is 4.98 Å². The molecule has 0 atom stereocenters. The van der Waals surface area contributed by atoms with E-state index in [1.165, 1.54) is 30.1 Å². The molecule has 1 heterocycles. The molecule has 8 heteroatoms. The van der Waals surface area contributed by atoms with E-state index in [2.05, 4.69) is 4.98 Å². The van der Waals surface area contributed by atoms with Crippen molar-refractivity contribution in [3.8, 4) is 0 Å². The van der Waals surface area contributed by atoms with Crippen LogP contribution in [-0.2, 0) is 11.3 Å². The Morgan fingerprint density at radius 3 is 2.44 bits per heavy atom. The number of hydrogen-bond donors (Lipinski definition) is 0. The molecule has 0 aliphatic carbocycles. The van der Waals surface area contributed by atoms with E-state index in [1.54, 1.807) is 30.3 Å². The van der Waals surface area contributed by atoms with Crippen molar-refractivity contribution in [3.63, 3.8) is 0 Å². The highest BCUT2D eigenvalue weighted by atomic mass is 35.5. The molecule has 0 saturated heterocycles. The third kappa shape index (κ3) is 5.93. The molecule has 1 aromatic heterocycles. The predicted octanol–water partition coefficient (Wildman–Crippen LogP) is 5.10. The van der Waals surface area contributed by atoms with E-state index < -0.39 is 12.1 Å². The summed E-state index contributed by atoms with van der Waals surface area (Å²) in [7, 11) is 0. The maximum absolute atomic E-state index is 13.1. The molecule has 0 unspecified atom stereocenters. The highest BCUT2D eigenvalue weighted by Crippen LogP contribution is 2.32. The highest BCUT2D eigenvalue weighted by Gasteiger charge is 2.43. The summed E-state index contributed by atoms with van der Waals surface area (Å²) in [6, 6.07) is 11.6. The zero-order chi connectivity index (χ0) is 17.6. The van der Waals surface area contributed by atoms with Crippen LogP contribution in [-0.4, -0.2) is 22.8 Å². The fraction of sp³-hybridized carbons (Fsp3) is 0.294. The van der Waals surface area contributed by atoms with Crippen molar-refractivity contribution < 1.29 is 18.0 Å². The first kappa shape index (κ1) is 21.3. The molecule has 0 radical (unpaired) electrons. The average Bonchev–Trinajstić information content (AvgIpc) is 2.58. The fourth-order valence-corrected chi connectivity index (χ4v) is 2.94. The van der Waals surface area contributed by atoms with Crippen molar-refractivity contribution in [1.29, 1.82) is 0 Å². The minimum atomic E-state index is -4.95. The number of thioether (sulfide) groups is 1. The Kier molecular flexibility index (Phi) is 8.25. The normalized spacial score (nSPS) is 10.9. The van der Waals surface area contributed by atoms with Gasteiger partial charge in [0.05, 0.1) is 12.2 Å². The van der Waals surface area contributed by atoms with Gasteiger partial charge in [-0.3, -0.25) is 9.69 Å². The monoisotopic (exact) mass is 390 g/mol. The summed E-state index contributed by atoms with van der Waals surface area (Å²) >= 11 is 1.34. The molecule has 0 aliphatic heterocycles. The molecule has 0 saturated carbocycles. The zero-order valence-corrected chi connectivity index (χ0v) is 15.1. The van der Waals surface area contributed by atoms with Crippen LogP contribution in [0.25, 0.3) is 0 Å². The highest BCUT2D eigenvalue weighted by molar-refractivity contribution is 7.99. The quantitative estimate of drug-likeness (QED) is 0.643. The van der Waals surface area contributed by atoms with Gasteiger partial charge in [0.1, 0.15) is 5.03 Å². The summed E-state index contributed by atoms with van der Waals surface area (Å²) in [5.74, 6) is -1.18. The van der Waals surface area contributed by atoms with Gasteiger partial charge in [-0.1, -0.05) is 37.3 Å². The number of anilines is 1. The van der Waals surface area contributed by atoms with E-state index in [0.717, 1.165) is 11.3 Å². The van der Waals surface area contributed by atoms with Crippen LogP contribution in [0.1, 0.15) is 18.9 Å². The molecule has 136 valence electrons. The maximum Gasteiger partial charge on any atom is 0.471 e. The van der Waals surface area contributed by atoms with Gasteiger partial charge < -0.3 is 0 Å². The van der Waals surface area contributed by atoms with E-state index >= 15 is 0 Å². The molecule has 3 nitrogen and oxygen atoms in total. The SMILES string of the molecule is CCCSc1ncccc1N(Cc1ccccc1)C(=O)C(F)(F)F.Cl. The minimum absolute atomic E-state index is 0. The number of amides is 1. The van der Waals surface area contributed by atoms with Crippen LogP contribution in [0, 0.1) is 0 Å². The van der Waals surface area contributed by atoms with Gasteiger partial charge in [-0.2, -0.15) is 13.2 Å². The van der Waals surface area contributed by atoms with E-state index in [9.17, 15) is 18.0 Å². The number of rotatable bonds is 6. The van der Waals surface area contributed by atoms with Crippen LogP contribution >= 0.6 is 24.2 Å². The Bertz CT molecular complexity index is 683. The van der Waals surface area contributed by atoms with Gasteiger partial charge in [-0.05, 0) is 29.9 Å². The number of carbonyl (C=O) groups excluding carboxylic acids is 1. The Morgan fingerprint density at radius 1 is 1.16 bits per heavy atom. The van der Waals surface area contributed by atoms with Crippen LogP contribution in [0.2, 0.25) is 0 Å². The number of nitrogens with zero attached hydrogens (tertiary/aromatic N) is 2. The number of benzene rings is 1. The summed E-state index contributed by atoms with van der Waals surface area (Å²) in [5, 5.41) is 0.424. The summed E-state index contributed by atoms with van der Waals surface area (Å²) < 4.78 is 39.2. The molecule has 2 rings (SSSR count). The van der Waals surface area contributed by atoms with E-state index in [0.29, 0.717) is 16.3 Å². The van der Waals surface area contributed by atoms with Crippen LogP contribution in [0.4, 0.5) is 18.9 Å². The third-order valence-electron chi connectivity index (χ3n) is 3.16. The van der Waals surface area contributed by atoms with Gasteiger partial charge in [0, 0.05) is 6.20 Å². The molecular formula is C17H18ClF3N2OS. The van der Waals surface area contributed by atoms with E-state index in [4.69, 9.17) is 0 Å². The number of hydrogen-bond acceptors (Lipinski definition) is 3. The summed E-state index contributed by atoms with van der Waals surface area (Å²) in [6.07, 6.45) is -2.58. The second-order valence-corrected chi connectivity index (χ2v) is 6.13. The van der Waals surface area contributed by atoms with Gasteiger partial charge in [0.15, 0.2) is 0 Å². The largest absolute Gasteiger partial charge is 0.471 e. The second kappa shape index (κ2) is 9.68. The van der Waals surface area contributed by atoms with Crippen molar-refractivity contribution >= 4 is 35.8 Å². The maximum atomic E-state index is 13.1. The van der Waals surface area contributed by atoms with Crippen LogP contribution in [0.5, 0.6) is 0 Å². The molecule has 0 spiro atoms. The third-order valence-corrected chi connectivity index (χ3v) is 4.36. The number of pyridine rings is 1. The van der Waals surface area contributed by atoms with Gasteiger partial charge in [-0.25, -0.2) is 4.98 Å². The van der Waals surface area contributed by atoms with Crippen LogP contribution < -0.4 is 4.90 Å². The number of alkyl halides is 3. The summed E-state index contributed by atoms with van der Waals surface area (Å²) in [4.78, 5) is 16.9. The van der Waals surface area contributed by atoms with Crippen molar-refractivity contribution in [2.24, 2.45) is 0 Å². The first-order valence-corrected chi connectivity index (χ1v) is 8.42. The van der Waals surface area contributed by atoms with E-state index in [1.807, 2.05) is 6.92 Å². The van der Waals surface area contributed by atoms with Crippen LogP contribution in [0.3, 0.4) is 0 Å². The lowest BCUT2D eigenvalue weighted by molar-refractivity contribution is -0.170. The lowest BCUT2D eigenvalue weighted by atomic mass is 10.2. The molecule has 0 aliphatic rings. The van der Waals surface area contributed by atoms with Crippen LogP contribution in [0.15, 0.2) is 53.7 Å². The molecule has 0 N–H and O–H groups in total. The molecule has 1 amide bonds. The molecular weight excluding hydrogens is 373 g/mol. The van der Waals surface area contributed by atoms with Gasteiger partial charge in [-0.15, -0.1) is 24.2 Å². The standard InChI is InChI=1S/C17H17F3N2OS.ClH/c1-2-11-24-15-14(9-6-10-21-15)22(16(23)17(18,19)20)12-13-7-4-3-5-8-13;/h3-10H,2,11-12H2,1H3;1H. The smallest absolute Gasteiger partial charge is 0.298 e.